The molecule has 0 aliphatic rings. The predicted octanol–water partition coefficient (Wildman–Crippen LogP) is 2.69. The van der Waals surface area contributed by atoms with E-state index in [0.29, 0.717) is 0 Å². The van der Waals surface area contributed by atoms with Crippen LogP contribution in [0.5, 0.6) is 5.75 Å². The number of hydrogen-bond donors (Lipinski definition) is 2. The van der Waals surface area contributed by atoms with Crippen LogP contribution in [0.25, 0.3) is 0 Å². The Labute approximate surface area is 109 Å². The van der Waals surface area contributed by atoms with Gasteiger partial charge in [-0.2, -0.15) is 0 Å². The summed E-state index contributed by atoms with van der Waals surface area (Å²) in [6.07, 6.45) is 0. The fourth-order valence-electron chi connectivity index (χ4n) is 1.65. The van der Waals surface area contributed by atoms with Gasteiger partial charge in [-0.15, -0.1) is 0 Å². The number of aromatic carboxylic acids is 1. The number of anilines is 1. The van der Waals surface area contributed by atoms with Crippen molar-refractivity contribution in [3.05, 3.63) is 59.4 Å². The van der Waals surface area contributed by atoms with Crippen molar-refractivity contribution < 1.29 is 19.0 Å². The minimum absolute atomic E-state index is 0.0512. The van der Waals surface area contributed by atoms with E-state index in [2.05, 4.69) is 0 Å². The molecule has 0 bridgehead atoms. The van der Waals surface area contributed by atoms with E-state index in [0.717, 1.165) is 11.6 Å². The normalized spacial score (nSPS) is 10.2. The minimum atomic E-state index is -1.32. The Morgan fingerprint density at radius 3 is 2.53 bits per heavy atom. The number of halogens is 1. The Morgan fingerprint density at radius 2 is 1.89 bits per heavy atom. The van der Waals surface area contributed by atoms with E-state index in [4.69, 9.17) is 15.6 Å². The molecule has 0 heterocycles. The quantitative estimate of drug-likeness (QED) is 0.830. The van der Waals surface area contributed by atoms with Crippen LogP contribution in [0.15, 0.2) is 42.5 Å². The number of carbonyl (C=O) groups is 1. The van der Waals surface area contributed by atoms with Crippen molar-refractivity contribution >= 4 is 11.7 Å². The molecule has 0 aromatic heterocycles. The summed E-state index contributed by atoms with van der Waals surface area (Å²) in [5.41, 5.74) is 5.52. The second-order valence-corrected chi connectivity index (χ2v) is 3.91. The first-order chi connectivity index (χ1) is 9.09. The summed E-state index contributed by atoms with van der Waals surface area (Å²) < 4.78 is 18.6. The second-order valence-electron chi connectivity index (χ2n) is 3.91. The third-order valence-corrected chi connectivity index (χ3v) is 2.61. The maximum absolute atomic E-state index is 13.2. The molecule has 0 saturated carbocycles. The number of ether oxygens (including phenoxy) is 1. The molecule has 0 saturated heterocycles. The largest absolute Gasteiger partial charge is 0.488 e. The lowest BCUT2D eigenvalue weighted by atomic mass is 10.1. The zero-order valence-corrected chi connectivity index (χ0v) is 9.97. The third-order valence-electron chi connectivity index (χ3n) is 2.61. The van der Waals surface area contributed by atoms with Crippen molar-refractivity contribution in [1.82, 2.24) is 0 Å². The van der Waals surface area contributed by atoms with Gasteiger partial charge >= 0.3 is 5.97 Å². The van der Waals surface area contributed by atoms with Crippen LogP contribution in [0, 0.1) is 5.82 Å². The molecule has 19 heavy (non-hydrogen) atoms. The van der Waals surface area contributed by atoms with Gasteiger partial charge in [0.2, 0.25) is 0 Å². The Hall–Kier alpha value is -2.56. The molecule has 98 valence electrons. The van der Waals surface area contributed by atoms with Crippen molar-refractivity contribution in [3.63, 3.8) is 0 Å². The van der Waals surface area contributed by atoms with Gasteiger partial charge in [0.05, 0.1) is 5.69 Å². The summed E-state index contributed by atoms with van der Waals surface area (Å²) in [4.78, 5) is 11.1. The van der Waals surface area contributed by atoms with Crippen LogP contribution < -0.4 is 10.5 Å². The SMILES string of the molecule is Nc1c(F)ccc(OCc2ccccc2)c1C(=O)O. The molecule has 0 unspecified atom stereocenters. The van der Waals surface area contributed by atoms with Crippen LogP contribution in [0.4, 0.5) is 10.1 Å². The van der Waals surface area contributed by atoms with Gasteiger partial charge in [-0.1, -0.05) is 30.3 Å². The van der Waals surface area contributed by atoms with Crippen molar-refractivity contribution in [3.8, 4) is 5.75 Å². The zero-order valence-electron chi connectivity index (χ0n) is 9.97. The number of carboxylic acids is 1. The molecule has 2 aromatic rings. The molecule has 4 nitrogen and oxygen atoms in total. The summed E-state index contributed by atoms with van der Waals surface area (Å²) in [5.74, 6) is -2.04. The first-order valence-corrected chi connectivity index (χ1v) is 5.57. The highest BCUT2D eigenvalue weighted by molar-refractivity contribution is 5.96. The summed E-state index contributed by atoms with van der Waals surface area (Å²) in [5, 5.41) is 9.04. The third kappa shape index (κ3) is 2.82. The van der Waals surface area contributed by atoms with Crippen molar-refractivity contribution in [2.24, 2.45) is 0 Å². The van der Waals surface area contributed by atoms with Crippen LogP contribution >= 0.6 is 0 Å². The number of carboxylic acid groups (broad SMARTS) is 1. The van der Waals surface area contributed by atoms with E-state index in [-0.39, 0.29) is 17.9 Å². The van der Waals surface area contributed by atoms with Crippen LogP contribution in [-0.4, -0.2) is 11.1 Å². The lowest BCUT2D eigenvalue weighted by Crippen LogP contribution is -2.08. The average Bonchev–Trinajstić information content (AvgIpc) is 2.41. The van der Waals surface area contributed by atoms with Crippen molar-refractivity contribution in [2.45, 2.75) is 6.61 Å². The molecule has 0 aliphatic carbocycles. The Balaban J connectivity index is 2.26. The van der Waals surface area contributed by atoms with Crippen LogP contribution in [-0.2, 0) is 6.61 Å². The zero-order chi connectivity index (χ0) is 13.8. The highest BCUT2D eigenvalue weighted by Crippen LogP contribution is 2.27. The molecule has 0 fully saturated rings. The van der Waals surface area contributed by atoms with E-state index in [1.54, 1.807) is 0 Å². The van der Waals surface area contributed by atoms with E-state index >= 15 is 0 Å². The van der Waals surface area contributed by atoms with E-state index in [1.807, 2.05) is 30.3 Å². The summed E-state index contributed by atoms with van der Waals surface area (Å²) in [6.45, 7) is 0.187. The lowest BCUT2D eigenvalue weighted by Gasteiger charge is -2.11. The maximum atomic E-state index is 13.2. The molecule has 0 spiro atoms. The van der Waals surface area contributed by atoms with Crippen molar-refractivity contribution in [2.75, 3.05) is 5.73 Å². The molecular formula is C14H12FNO3. The first kappa shape index (κ1) is 12.9. The van der Waals surface area contributed by atoms with Gasteiger partial charge in [0, 0.05) is 0 Å². The Bertz CT molecular complexity index is 599. The highest BCUT2D eigenvalue weighted by atomic mass is 19.1. The van der Waals surface area contributed by atoms with Gasteiger partial charge < -0.3 is 15.6 Å². The number of nitrogens with two attached hydrogens (primary N) is 1. The lowest BCUT2D eigenvalue weighted by molar-refractivity contribution is 0.0692. The van der Waals surface area contributed by atoms with Gasteiger partial charge in [-0.3, -0.25) is 0 Å². The number of benzene rings is 2. The molecule has 2 aromatic carbocycles. The standard InChI is InChI=1S/C14H12FNO3/c15-10-6-7-11(12(13(10)16)14(17)18)19-8-9-4-2-1-3-5-9/h1-7H,8,16H2,(H,17,18). The van der Waals surface area contributed by atoms with E-state index < -0.39 is 17.5 Å². The minimum Gasteiger partial charge on any atom is -0.488 e. The van der Waals surface area contributed by atoms with Gasteiger partial charge in [0.1, 0.15) is 23.7 Å². The highest BCUT2D eigenvalue weighted by Gasteiger charge is 2.18. The van der Waals surface area contributed by atoms with Gasteiger partial charge in [0.25, 0.3) is 0 Å². The van der Waals surface area contributed by atoms with Crippen LogP contribution in [0.1, 0.15) is 15.9 Å². The molecule has 3 N–H and O–H groups in total. The van der Waals surface area contributed by atoms with E-state index in [9.17, 15) is 9.18 Å². The topological polar surface area (TPSA) is 72.5 Å². The van der Waals surface area contributed by atoms with Gasteiger partial charge in [-0.25, -0.2) is 9.18 Å². The Morgan fingerprint density at radius 1 is 1.21 bits per heavy atom. The maximum Gasteiger partial charge on any atom is 0.341 e. The predicted molar refractivity (Wildman–Crippen MR) is 68.5 cm³/mol. The van der Waals surface area contributed by atoms with Gasteiger partial charge in [-0.05, 0) is 17.7 Å². The average molecular weight is 261 g/mol. The fraction of sp³-hybridized carbons (Fsp3) is 0.0714. The van der Waals surface area contributed by atoms with Crippen molar-refractivity contribution in [1.29, 1.82) is 0 Å². The van der Waals surface area contributed by atoms with Crippen LogP contribution in [0.3, 0.4) is 0 Å². The molecule has 0 radical (unpaired) electrons. The molecule has 0 amide bonds. The van der Waals surface area contributed by atoms with E-state index in [1.165, 1.54) is 6.07 Å². The monoisotopic (exact) mass is 261 g/mol. The summed E-state index contributed by atoms with van der Waals surface area (Å²) in [7, 11) is 0. The molecular weight excluding hydrogens is 249 g/mol. The number of hydrogen-bond acceptors (Lipinski definition) is 3. The van der Waals surface area contributed by atoms with Crippen LogP contribution in [0.2, 0.25) is 0 Å². The first-order valence-electron chi connectivity index (χ1n) is 5.57. The Kier molecular flexibility index (Phi) is 3.66. The fourth-order valence-corrected chi connectivity index (χ4v) is 1.65. The summed E-state index contributed by atoms with van der Waals surface area (Å²) in [6, 6.07) is 11.6. The second kappa shape index (κ2) is 5.39. The molecule has 0 aliphatic heterocycles. The molecule has 2 rings (SSSR count). The number of rotatable bonds is 4. The smallest absolute Gasteiger partial charge is 0.341 e. The molecule has 5 heteroatoms. The summed E-state index contributed by atoms with van der Waals surface area (Å²) >= 11 is 0. The van der Waals surface area contributed by atoms with Gasteiger partial charge in [0.15, 0.2) is 0 Å². The molecule has 0 atom stereocenters. The number of nitrogen functional groups attached to an aromatic ring is 1.